The van der Waals surface area contributed by atoms with Gasteiger partial charge in [0.1, 0.15) is 0 Å². The van der Waals surface area contributed by atoms with Crippen molar-refractivity contribution in [1.29, 1.82) is 0 Å². The molecule has 0 spiro atoms. The van der Waals surface area contributed by atoms with E-state index in [9.17, 15) is 9.59 Å². The van der Waals surface area contributed by atoms with Crippen molar-refractivity contribution in [3.63, 3.8) is 0 Å². The van der Waals surface area contributed by atoms with Gasteiger partial charge in [0.2, 0.25) is 0 Å². The van der Waals surface area contributed by atoms with E-state index in [1.165, 1.54) is 0 Å². The number of benzene rings is 2. The fourth-order valence-corrected chi connectivity index (χ4v) is 2.65. The summed E-state index contributed by atoms with van der Waals surface area (Å²) in [6.45, 7) is 0.548. The van der Waals surface area contributed by atoms with E-state index >= 15 is 0 Å². The molecule has 0 bridgehead atoms. The molecule has 2 aromatic carbocycles. The molecule has 27 heavy (non-hydrogen) atoms. The Labute approximate surface area is 156 Å². The molecule has 1 aliphatic rings. The molecule has 1 aromatic heterocycles. The highest BCUT2D eigenvalue weighted by Crippen LogP contribution is 2.19. The minimum absolute atomic E-state index is 0.0840. The third kappa shape index (κ3) is 4.38. The molecule has 3 aromatic rings. The highest BCUT2D eigenvalue weighted by atomic mass is 16.2. The zero-order valence-corrected chi connectivity index (χ0v) is 14.6. The van der Waals surface area contributed by atoms with Gasteiger partial charge in [-0.1, -0.05) is 35.5 Å². The second-order valence-corrected chi connectivity index (χ2v) is 6.57. The van der Waals surface area contributed by atoms with Crippen molar-refractivity contribution in [3.05, 3.63) is 77.6 Å². The number of amides is 2. The van der Waals surface area contributed by atoms with Crippen molar-refractivity contribution in [2.75, 3.05) is 5.32 Å². The molecular weight excluding hydrogens is 342 g/mol. The summed E-state index contributed by atoms with van der Waals surface area (Å²) in [6, 6.07) is 16.9. The number of hydrogen-bond donors (Lipinski definition) is 2. The summed E-state index contributed by atoms with van der Waals surface area (Å²) >= 11 is 0. The number of carbonyl (C=O) groups is 2. The van der Waals surface area contributed by atoms with Gasteiger partial charge in [-0.3, -0.25) is 9.59 Å². The molecule has 0 atom stereocenters. The predicted molar refractivity (Wildman–Crippen MR) is 100 cm³/mol. The van der Waals surface area contributed by atoms with Gasteiger partial charge in [-0.15, -0.1) is 5.10 Å². The number of carbonyl (C=O) groups excluding carboxylic acids is 2. The summed E-state index contributed by atoms with van der Waals surface area (Å²) in [5.41, 5.74) is 2.49. The van der Waals surface area contributed by atoms with Gasteiger partial charge in [0, 0.05) is 17.3 Å². The standard InChI is InChI=1S/C20H19N5O2/c26-19(21-17-10-11-17)15-6-8-16(9-7-15)22-20(27)18-13-25(24-23-18)12-14-4-2-1-3-5-14/h1-9,13,17H,10-12H2,(H,21,26)(H,22,27). The average molecular weight is 361 g/mol. The van der Waals surface area contributed by atoms with Crippen LogP contribution in [0.4, 0.5) is 5.69 Å². The summed E-state index contributed by atoms with van der Waals surface area (Å²) in [6.07, 6.45) is 3.70. The molecule has 1 aliphatic carbocycles. The molecule has 7 nitrogen and oxygen atoms in total. The van der Waals surface area contributed by atoms with Gasteiger partial charge in [0.25, 0.3) is 11.8 Å². The van der Waals surface area contributed by atoms with Crippen molar-refractivity contribution in [3.8, 4) is 0 Å². The Balaban J connectivity index is 1.36. The molecule has 2 amide bonds. The van der Waals surface area contributed by atoms with Crippen molar-refractivity contribution < 1.29 is 9.59 Å². The van der Waals surface area contributed by atoms with Crippen LogP contribution in [0.25, 0.3) is 0 Å². The fourth-order valence-electron chi connectivity index (χ4n) is 2.65. The van der Waals surface area contributed by atoms with E-state index in [2.05, 4.69) is 20.9 Å². The lowest BCUT2D eigenvalue weighted by atomic mass is 10.2. The smallest absolute Gasteiger partial charge is 0.277 e. The molecular formula is C20H19N5O2. The Hall–Kier alpha value is -3.48. The number of anilines is 1. The maximum absolute atomic E-state index is 12.3. The van der Waals surface area contributed by atoms with Crippen LogP contribution in [-0.4, -0.2) is 32.9 Å². The van der Waals surface area contributed by atoms with Crippen LogP contribution in [0.1, 0.15) is 39.3 Å². The fraction of sp³-hybridized carbons (Fsp3) is 0.200. The predicted octanol–water partition coefficient (Wildman–Crippen LogP) is 2.47. The first kappa shape index (κ1) is 17.0. The van der Waals surface area contributed by atoms with Crippen LogP contribution in [0.3, 0.4) is 0 Å². The Morgan fingerprint density at radius 2 is 1.74 bits per heavy atom. The van der Waals surface area contributed by atoms with E-state index in [0.717, 1.165) is 18.4 Å². The Morgan fingerprint density at radius 3 is 2.44 bits per heavy atom. The largest absolute Gasteiger partial charge is 0.349 e. The zero-order valence-electron chi connectivity index (χ0n) is 14.6. The van der Waals surface area contributed by atoms with Gasteiger partial charge in [-0.05, 0) is 42.7 Å². The first-order valence-electron chi connectivity index (χ1n) is 8.84. The minimum Gasteiger partial charge on any atom is -0.349 e. The first-order chi connectivity index (χ1) is 13.2. The third-order valence-corrected chi connectivity index (χ3v) is 4.28. The van der Waals surface area contributed by atoms with Crippen LogP contribution in [0, 0.1) is 0 Å². The molecule has 1 heterocycles. The van der Waals surface area contributed by atoms with E-state index in [-0.39, 0.29) is 17.5 Å². The second-order valence-electron chi connectivity index (χ2n) is 6.57. The number of nitrogens with zero attached hydrogens (tertiary/aromatic N) is 3. The molecule has 0 unspecified atom stereocenters. The van der Waals surface area contributed by atoms with Crippen molar-refractivity contribution >= 4 is 17.5 Å². The molecule has 1 saturated carbocycles. The van der Waals surface area contributed by atoms with Gasteiger partial charge >= 0.3 is 0 Å². The topological polar surface area (TPSA) is 88.9 Å². The monoisotopic (exact) mass is 361 g/mol. The Morgan fingerprint density at radius 1 is 1.00 bits per heavy atom. The Kier molecular flexibility index (Phi) is 4.65. The van der Waals surface area contributed by atoms with Gasteiger partial charge < -0.3 is 10.6 Å². The number of hydrogen-bond acceptors (Lipinski definition) is 4. The lowest BCUT2D eigenvalue weighted by molar-refractivity contribution is 0.0950. The Bertz CT molecular complexity index is 946. The lowest BCUT2D eigenvalue weighted by Gasteiger charge is -2.06. The normalized spacial score (nSPS) is 13.2. The highest BCUT2D eigenvalue weighted by molar-refractivity contribution is 6.03. The quantitative estimate of drug-likeness (QED) is 0.706. The second kappa shape index (κ2) is 7.41. The van der Waals surface area contributed by atoms with E-state index in [1.807, 2.05) is 30.3 Å². The van der Waals surface area contributed by atoms with Crippen LogP contribution in [-0.2, 0) is 6.54 Å². The van der Waals surface area contributed by atoms with E-state index in [4.69, 9.17) is 0 Å². The lowest BCUT2D eigenvalue weighted by Crippen LogP contribution is -2.25. The van der Waals surface area contributed by atoms with Crippen molar-refractivity contribution in [2.45, 2.75) is 25.4 Å². The molecule has 2 N–H and O–H groups in total. The van der Waals surface area contributed by atoms with Gasteiger partial charge in [0.05, 0.1) is 12.7 Å². The van der Waals surface area contributed by atoms with Gasteiger partial charge in [0.15, 0.2) is 5.69 Å². The average Bonchev–Trinajstić information content (AvgIpc) is 3.38. The molecule has 0 radical (unpaired) electrons. The van der Waals surface area contributed by atoms with Crippen LogP contribution in [0.2, 0.25) is 0 Å². The van der Waals surface area contributed by atoms with Crippen molar-refractivity contribution in [1.82, 2.24) is 20.3 Å². The molecule has 0 saturated heterocycles. The first-order valence-corrected chi connectivity index (χ1v) is 8.84. The maximum atomic E-state index is 12.3. The molecule has 1 fully saturated rings. The van der Waals surface area contributed by atoms with E-state index in [1.54, 1.807) is 35.1 Å². The highest BCUT2D eigenvalue weighted by Gasteiger charge is 2.23. The molecule has 136 valence electrons. The maximum Gasteiger partial charge on any atom is 0.277 e. The third-order valence-electron chi connectivity index (χ3n) is 4.28. The zero-order chi connectivity index (χ0) is 18.6. The summed E-state index contributed by atoms with van der Waals surface area (Å²) in [5.74, 6) is -0.427. The van der Waals surface area contributed by atoms with Gasteiger partial charge in [-0.2, -0.15) is 0 Å². The molecule has 7 heteroatoms. The SMILES string of the molecule is O=C(NC1CC1)c1ccc(NC(=O)c2cn(Cc3ccccc3)nn2)cc1. The van der Waals surface area contributed by atoms with Crippen LogP contribution < -0.4 is 10.6 Å². The van der Waals surface area contributed by atoms with Crippen LogP contribution in [0.5, 0.6) is 0 Å². The summed E-state index contributed by atoms with van der Waals surface area (Å²) in [7, 11) is 0. The number of aromatic nitrogens is 3. The van der Waals surface area contributed by atoms with Gasteiger partial charge in [-0.25, -0.2) is 4.68 Å². The minimum atomic E-state index is -0.343. The number of rotatable bonds is 6. The molecule has 0 aliphatic heterocycles. The van der Waals surface area contributed by atoms with E-state index in [0.29, 0.717) is 23.8 Å². The summed E-state index contributed by atoms with van der Waals surface area (Å²) < 4.78 is 1.62. The van der Waals surface area contributed by atoms with Crippen molar-refractivity contribution in [2.24, 2.45) is 0 Å². The van der Waals surface area contributed by atoms with Crippen LogP contribution >= 0.6 is 0 Å². The summed E-state index contributed by atoms with van der Waals surface area (Å²) in [5, 5.41) is 13.6. The molecule has 4 rings (SSSR count). The summed E-state index contributed by atoms with van der Waals surface area (Å²) in [4.78, 5) is 24.3. The number of nitrogens with one attached hydrogen (secondary N) is 2. The van der Waals surface area contributed by atoms with Crippen LogP contribution in [0.15, 0.2) is 60.8 Å². The van der Waals surface area contributed by atoms with E-state index < -0.39 is 0 Å².